The van der Waals surface area contributed by atoms with Gasteiger partial charge in [0.05, 0.1) is 5.69 Å². The lowest BCUT2D eigenvalue weighted by Gasteiger charge is -2.05. The molecule has 0 spiro atoms. The zero-order valence-electron chi connectivity index (χ0n) is 11.3. The summed E-state index contributed by atoms with van der Waals surface area (Å²) in [7, 11) is 0. The summed E-state index contributed by atoms with van der Waals surface area (Å²) in [5.74, 6) is 1.45. The first-order chi connectivity index (χ1) is 8.15. The van der Waals surface area contributed by atoms with Crippen LogP contribution in [-0.4, -0.2) is 24.2 Å². The van der Waals surface area contributed by atoms with Crippen LogP contribution >= 0.6 is 24.0 Å². The molecule has 0 saturated heterocycles. The Bertz CT molecular complexity index is 357. The normalized spacial score (nSPS) is 11.2. The van der Waals surface area contributed by atoms with Gasteiger partial charge in [-0.25, -0.2) is 0 Å². The fourth-order valence-electron chi connectivity index (χ4n) is 1.63. The van der Waals surface area contributed by atoms with Gasteiger partial charge in [-0.2, -0.15) is 0 Å². The first kappa shape index (κ1) is 17.2. The first-order valence-electron chi connectivity index (χ1n) is 6.10. The van der Waals surface area contributed by atoms with Crippen LogP contribution in [0.2, 0.25) is 0 Å². The Labute approximate surface area is 126 Å². The van der Waals surface area contributed by atoms with Gasteiger partial charge in [0, 0.05) is 18.7 Å². The maximum Gasteiger partial charge on any atom is 0.188 e. The van der Waals surface area contributed by atoms with Gasteiger partial charge in [-0.05, 0) is 33.1 Å². The molecule has 0 aliphatic carbocycles. The molecule has 0 aliphatic rings. The Morgan fingerprint density at radius 2 is 2.17 bits per heavy atom. The molecule has 0 fully saturated rings. The van der Waals surface area contributed by atoms with Crippen molar-refractivity contribution in [3.63, 3.8) is 0 Å². The quantitative estimate of drug-likeness (QED) is 0.350. The van der Waals surface area contributed by atoms with Gasteiger partial charge in [-0.1, -0.05) is 12.1 Å². The highest BCUT2D eigenvalue weighted by atomic mass is 127. The van der Waals surface area contributed by atoms with E-state index in [4.69, 9.17) is 10.3 Å². The number of hydrogen-bond donors (Lipinski definition) is 2. The largest absolute Gasteiger partial charge is 0.370 e. The molecule has 0 saturated carbocycles. The molecular weight excluding hydrogens is 343 g/mol. The van der Waals surface area contributed by atoms with E-state index in [0.29, 0.717) is 5.96 Å². The molecule has 1 heterocycles. The van der Waals surface area contributed by atoms with Crippen LogP contribution in [0.4, 0.5) is 0 Å². The fraction of sp³-hybridized carbons (Fsp3) is 0.667. The molecule has 6 heteroatoms. The number of rotatable bonds is 6. The van der Waals surface area contributed by atoms with Gasteiger partial charge >= 0.3 is 0 Å². The number of aryl methyl sites for hydroxylation is 2. The number of hydrogen-bond acceptors (Lipinski definition) is 3. The molecule has 0 atom stereocenters. The predicted molar refractivity (Wildman–Crippen MR) is 84.5 cm³/mol. The third-order valence-electron chi connectivity index (χ3n) is 2.60. The molecule has 18 heavy (non-hydrogen) atoms. The van der Waals surface area contributed by atoms with Crippen LogP contribution in [0, 0.1) is 13.8 Å². The van der Waals surface area contributed by atoms with Crippen LogP contribution in [0.5, 0.6) is 0 Å². The Balaban J connectivity index is 0.00000289. The summed E-state index contributed by atoms with van der Waals surface area (Å²) >= 11 is 0. The van der Waals surface area contributed by atoms with Crippen molar-refractivity contribution in [2.45, 2.75) is 40.0 Å². The molecule has 3 N–H and O–H groups in total. The van der Waals surface area contributed by atoms with Crippen molar-refractivity contribution in [1.82, 2.24) is 10.5 Å². The van der Waals surface area contributed by atoms with Gasteiger partial charge in [0.15, 0.2) is 5.96 Å². The van der Waals surface area contributed by atoms with Crippen LogP contribution in [0.15, 0.2) is 9.52 Å². The van der Waals surface area contributed by atoms with E-state index in [0.717, 1.165) is 43.8 Å². The van der Waals surface area contributed by atoms with Gasteiger partial charge < -0.3 is 15.6 Å². The van der Waals surface area contributed by atoms with Crippen LogP contribution in [0.3, 0.4) is 0 Å². The number of nitrogens with zero attached hydrogens (tertiary/aromatic N) is 2. The van der Waals surface area contributed by atoms with E-state index in [1.807, 2.05) is 13.8 Å². The van der Waals surface area contributed by atoms with Crippen molar-refractivity contribution in [2.24, 2.45) is 10.7 Å². The topological polar surface area (TPSA) is 76.4 Å². The number of halogens is 1. The lowest BCUT2D eigenvalue weighted by Crippen LogP contribution is -2.32. The third-order valence-corrected chi connectivity index (χ3v) is 2.60. The summed E-state index contributed by atoms with van der Waals surface area (Å²) < 4.78 is 5.11. The molecule has 1 rings (SSSR count). The van der Waals surface area contributed by atoms with Gasteiger partial charge in [0.2, 0.25) is 0 Å². The van der Waals surface area contributed by atoms with Crippen LogP contribution in [0.1, 0.15) is 36.8 Å². The minimum absolute atomic E-state index is 0. The molecule has 0 bridgehead atoms. The molecule has 104 valence electrons. The van der Waals surface area contributed by atoms with Crippen molar-refractivity contribution in [2.75, 3.05) is 13.1 Å². The molecule has 1 aromatic heterocycles. The van der Waals surface area contributed by atoms with Crippen molar-refractivity contribution in [1.29, 1.82) is 0 Å². The number of nitrogens with one attached hydrogen (secondary N) is 1. The highest BCUT2D eigenvalue weighted by Crippen LogP contribution is 2.13. The Kier molecular flexibility index (Phi) is 8.78. The zero-order chi connectivity index (χ0) is 12.7. The Morgan fingerprint density at radius 3 is 2.72 bits per heavy atom. The van der Waals surface area contributed by atoms with Crippen molar-refractivity contribution < 1.29 is 4.52 Å². The van der Waals surface area contributed by atoms with E-state index in [1.165, 1.54) is 5.56 Å². The smallest absolute Gasteiger partial charge is 0.188 e. The van der Waals surface area contributed by atoms with Gasteiger partial charge in [0.25, 0.3) is 0 Å². The van der Waals surface area contributed by atoms with E-state index in [-0.39, 0.29) is 24.0 Å². The number of aromatic nitrogens is 1. The second-order valence-electron chi connectivity index (χ2n) is 4.10. The van der Waals surface area contributed by atoms with E-state index >= 15 is 0 Å². The molecule has 0 unspecified atom stereocenters. The number of aliphatic imine (C=N–C) groups is 1. The second-order valence-corrected chi connectivity index (χ2v) is 4.10. The van der Waals surface area contributed by atoms with E-state index in [9.17, 15) is 0 Å². The molecule has 1 aromatic rings. The summed E-state index contributed by atoms with van der Waals surface area (Å²) in [5.41, 5.74) is 7.87. The summed E-state index contributed by atoms with van der Waals surface area (Å²) in [6, 6.07) is 0. The SMILES string of the molecule is CCCN=C(N)NCCCc1c(C)noc1C.I. The minimum Gasteiger partial charge on any atom is -0.370 e. The molecule has 0 aliphatic heterocycles. The maximum atomic E-state index is 5.69. The van der Waals surface area contributed by atoms with Crippen molar-refractivity contribution in [3.8, 4) is 0 Å². The Hall–Kier alpha value is -0.790. The minimum atomic E-state index is 0. The zero-order valence-corrected chi connectivity index (χ0v) is 13.7. The first-order valence-corrected chi connectivity index (χ1v) is 6.10. The summed E-state index contributed by atoms with van der Waals surface area (Å²) in [5, 5.41) is 7.02. The fourth-order valence-corrected chi connectivity index (χ4v) is 1.63. The molecule has 5 nitrogen and oxygen atoms in total. The molecule has 0 radical (unpaired) electrons. The monoisotopic (exact) mass is 366 g/mol. The highest BCUT2D eigenvalue weighted by Gasteiger charge is 2.07. The third kappa shape index (κ3) is 5.70. The lowest BCUT2D eigenvalue weighted by atomic mass is 10.1. The molecule has 0 aromatic carbocycles. The van der Waals surface area contributed by atoms with Crippen molar-refractivity contribution >= 4 is 29.9 Å². The average molecular weight is 366 g/mol. The van der Waals surface area contributed by atoms with E-state index < -0.39 is 0 Å². The predicted octanol–water partition coefficient (Wildman–Crippen LogP) is 2.16. The standard InChI is InChI=1S/C12H22N4O.HI/c1-4-7-14-12(13)15-8-5-6-11-9(2)16-17-10(11)3;/h4-8H2,1-3H3,(H3,13,14,15);1H. The lowest BCUT2D eigenvalue weighted by molar-refractivity contribution is 0.392. The summed E-state index contributed by atoms with van der Waals surface area (Å²) in [6.45, 7) is 7.59. The van der Waals surface area contributed by atoms with Crippen molar-refractivity contribution in [3.05, 3.63) is 17.0 Å². The van der Waals surface area contributed by atoms with Gasteiger partial charge in [-0.15, -0.1) is 24.0 Å². The Morgan fingerprint density at radius 1 is 1.44 bits per heavy atom. The summed E-state index contributed by atoms with van der Waals surface area (Å²) in [6.07, 6.45) is 2.96. The molecular formula is C12H23IN4O. The second kappa shape index (κ2) is 9.18. The van der Waals surface area contributed by atoms with Gasteiger partial charge in [0.1, 0.15) is 5.76 Å². The highest BCUT2D eigenvalue weighted by molar-refractivity contribution is 14.0. The maximum absolute atomic E-state index is 5.69. The summed E-state index contributed by atoms with van der Waals surface area (Å²) in [4.78, 5) is 4.16. The van der Waals surface area contributed by atoms with Crippen LogP contribution < -0.4 is 11.1 Å². The van der Waals surface area contributed by atoms with E-state index in [1.54, 1.807) is 0 Å². The number of nitrogens with two attached hydrogens (primary N) is 1. The molecule has 0 amide bonds. The van der Waals surface area contributed by atoms with E-state index in [2.05, 4.69) is 22.4 Å². The van der Waals surface area contributed by atoms with Crippen LogP contribution in [-0.2, 0) is 6.42 Å². The number of guanidine groups is 1. The van der Waals surface area contributed by atoms with Crippen LogP contribution in [0.25, 0.3) is 0 Å². The average Bonchev–Trinajstić information content (AvgIpc) is 2.62. The van der Waals surface area contributed by atoms with Gasteiger partial charge in [-0.3, -0.25) is 4.99 Å².